The van der Waals surface area contributed by atoms with Crippen molar-refractivity contribution in [2.75, 3.05) is 23.4 Å². The van der Waals surface area contributed by atoms with E-state index >= 15 is 0 Å². The van der Waals surface area contributed by atoms with Crippen LogP contribution in [0, 0.1) is 5.82 Å². The summed E-state index contributed by atoms with van der Waals surface area (Å²) in [4.78, 5) is 42.5. The van der Waals surface area contributed by atoms with Gasteiger partial charge in [0.15, 0.2) is 0 Å². The fraction of sp³-hybridized carbons (Fsp3) is 0.250. The third kappa shape index (κ3) is 6.33. The summed E-state index contributed by atoms with van der Waals surface area (Å²) in [5, 5.41) is 5.29. The van der Waals surface area contributed by atoms with Gasteiger partial charge in [-0.15, -0.1) is 13.2 Å². The number of hydrogen-bond donors (Lipinski definition) is 2. The number of benzene rings is 3. The highest BCUT2D eigenvalue weighted by molar-refractivity contribution is 6.05. The molecule has 0 aromatic heterocycles. The van der Waals surface area contributed by atoms with E-state index < -0.39 is 47.2 Å². The molecular weight excluding hydrogens is 532 g/mol. The van der Waals surface area contributed by atoms with Gasteiger partial charge in [-0.25, -0.2) is 4.39 Å². The summed E-state index contributed by atoms with van der Waals surface area (Å²) in [5.74, 6) is -2.64. The van der Waals surface area contributed by atoms with Gasteiger partial charge in [0.1, 0.15) is 23.1 Å². The van der Waals surface area contributed by atoms with E-state index in [9.17, 15) is 31.9 Å². The maximum absolute atomic E-state index is 13.5. The maximum Gasteiger partial charge on any atom is 0.573 e. The van der Waals surface area contributed by atoms with Crippen molar-refractivity contribution in [1.29, 1.82) is 0 Å². The van der Waals surface area contributed by atoms with Crippen LogP contribution >= 0.6 is 0 Å². The number of likely N-dealkylation sites (N-methyl/N-ethyl adjacent to an activating group) is 1. The first-order chi connectivity index (χ1) is 18.7. The first kappa shape index (κ1) is 28.4. The standard InChI is InChI=1S/C28H26F4N4O4/c1-27(2,34-24(37)17-8-10-18(29)11-9-17)26(39)33-21-16-36(19-12-14-20(15-13-19)40-28(30,31)32)23-7-5-4-6-22(23)35(3)25(21)38/h4-15,21H,16H2,1-3H3,(H,33,39)(H,34,37)/t21-/m0/s1. The number of carbonyl (C=O) groups is 3. The van der Waals surface area contributed by atoms with Crippen molar-refractivity contribution in [1.82, 2.24) is 10.6 Å². The topological polar surface area (TPSA) is 91.0 Å². The molecule has 210 valence electrons. The Morgan fingerprint density at radius 3 is 2.12 bits per heavy atom. The molecule has 0 fully saturated rings. The molecule has 1 aliphatic rings. The predicted octanol–water partition coefficient (Wildman–Crippen LogP) is 4.53. The maximum atomic E-state index is 13.5. The minimum atomic E-state index is -4.85. The second kappa shape index (κ2) is 10.9. The van der Waals surface area contributed by atoms with Crippen LogP contribution in [0.3, 0.4) is 0 Å². The monoisotopic (exact) mass is 558 g/mol. The Bertz CT molecular complexity index is 1410. The van der Waals surface area contributed by atoms with Gasteiger partial charge in [-0.1, -0.05) is 12.1 Å². The van der Waals surface area contributed by atoms with E-state index in [1.54, 1.807) is 36.2 Å². The van der Waals surface area contributed by atoms with Crippen molar-refractivity contribution < 1.29 is 36.7 Å². The van der Waals surface area contributed by atoms with Gasteiger partial charge in [-0.3, -0.25) is 14.4 Å². The van der Waals surface area contributed by atoms with Crippen molar-refractivity contribution in [3.63, 3.8) is 0 Å². The van der Waals surface area contributed by atoms with Crippen molar-refractivity contribution in [3.8, 4) is 5.75 Å². The molecule has 4 rings (SSSR count). The number of ether oxygens (including phenoxy) is 1. The molecule has 0 spiro atoms. The molecule has 0 unspecified atom stereocenters. The van der Waals surface area contributed by atoms with Crippen LogP contribution in [0.15, 0.2) is 72.8 Å². The summed E-state index contributed by atoms with van der Waals surface area (Å²) < 4.78 is 55.1. The number of alkyl halides is 3. The minimum Gasteiger partial charge on any atom is -0.406 e. The van der Waals surface area contributed by atoms with Gasteiger partial charge in [0.05, 0.1) is 17.9 Å². The van der Waals surface area contributed by atoms with Crippen molar-refractivity contribution in [2.24, 2.45) is 0 Å². The van der Waals surface area contributed by atoms with E-state index in [-0.39, 0.29) is 12.1 Å². The van der Waals surface area contributed by atoms with E-state index in [0.717, 1.165) is 24.3 Å². The molecule has 2 N–H and O–H groups in total. The highest BCUT2D eigenvalue weighted by Crippen LogP contribution is 2.37. The van der Waals surface area contributed by atoms with Crippen LogP contribution in [-0.4, -0.2) is 49.3 Å². The van der Waals surface area contributed by atoms with Crippen LogP contribution in [0.1, 0.15) is 24.2 Å². The van der Waals surface area contributed by atoms with E-state index in [2.05, 4.69) is 15.4 Å². The second-order valence-electron chi connectivity index (χ2n) is 9.65. The quantitative estimate of drug-likeness (QED) is 0.434. The Labute approximate surface area is 227 Å². The average molecular weight is 559 g/mol. The second-order valence-corrected chi connectivity index (χ2v) is 9.65. The Kier molecular flexibility index (Phi) is 7.72. The Morgan fingerprint density at radius 2 is 1.52 bits per heavy atom. The number of hydrogen-bond acceptors (Lipinski definition) is 5. The van der Waals surface area contributed by atoms with E-state index in [0.29, 0.717) is 17.1 Å². The highest BCUT2D eigenvalue weighted by Gasteiger charge is 2.38. The molecule has 1 aliphatic heterocycles. The fourth-order valence-corrected chi connectivity index (χ4v) is 4.22. The molecule has 0 saturated carbocycles. The normalized spacial score (nSPS) is 15.7. The molecule has 3 aromatic rings. The van der Waals surface area contributed by atoms with Crippen LogP contribution in [0.25, 0.3) is 0 Å². The fourth-order valence-electron chi connectivity index (χ4n) is 4.22. The average Bonchev–Trinajstić information content (AvgIpc) is 2.99. The Hall–Kier alpha value is -4.61. The number of halogens is 4. The lowest BCUT2D eigenvalue weighted by molar-refractivity contribution is -0.274. The molecule has 1 atom stereocenters. The van der Waals surface area contributed by atoms with Crippen LogP contribution < -0.4 is 25.2 Å². The largest absolute Gasteiger partial charge is 0.573 e. The van der Waals surface area contributed by atoms with E-state index in [1.807, 2.05) is 0 Å². The zero-order chi connectivity index (χ0) is 29.2. The third-order valence-corrected chi connectivity index (χ3v) is 6.32. The van der Waals surface area contributed by atoms with E-state index in [4.69, 9.17) is 0 Å². The molecule has 0 radical (unpaired) electrons. The van der Waals surface area contributed by atoms with Crippen molar-refractivity contribution in [3.05, 3.63) is 84.2 Å². The van der Waals surface area contributed by atoms with Crippen molar-refractivity contribution in [2.45, 2.75) is 31.8 Å². The van der Waals surface area contributed by atoms with Crippen LogP contribution in [0.2, 0.25) is 0 Å². The van der Waals surface area contributed by atoms with E-state index in [1.165, 1.54) is 43.0 Å². The van der Waals surface area contributed by atoms with Crippen molar-refractivity contribution >= 4 is 34.8 Å². The Balaban J connectivity index is 1.59. The smallest absolute Gasteiger partial charge is 0.406 e. The van der Waals surface area contributed by atoms with Crippen LogP contribution in [-0.2, 0) is 9.59 Å². The Morgan fingerprint density at radius 1 is 0.925 bits per heavy atom. The molecule has 0 bridgehead atoms. The molecule has 8 nitrogen and oxygen atoms in total. The third-order valence-electron chi connectivity index (χ3n) is 6.32. The van der Waals surface area contributed by atoms with Gasteiger partial charge >= 0.3 is 6.36 Å². The number of rotatable bonds is 6. The number of nitrogens with one attached hydrogen (secondary N) is 2. The summed E-state index contributed by atoms with van der Waals surface area (Å²) in [5.41, 5.74) is 0.234. The lowest BCUT2D eigenvalue weighted by Gasteiger charge is -2.30. The SMILES string of the molecule is CN1C(=O)[C@@H](NC(=O)C(C)(C)NC(=O)c2ccc(F)cc2)CN(c2ccc(OC(F)(F)F)cc2)c2ccccc21. The van der Waals surface area contributed by atoms with Crippen LogP contribution in [0.5, 0.6) is 5.75 Å². The summed E-state index contributed by atoms with van der Waals surface area (Å²) in [6.07, 6.45) is -4.85. The summed E-state index contributed by atoms with van der Waals surface area (Å²) >= 11 is 0. The van der Waals surface area contributed by atoms with Crippen LogP contribution in [0.4, 0.5) is 34.6 Å². The van der Waals surface area contributed by atoms with Gasteiger partial charge in [0, 0.05) is 18.3 Å². The molecular formula is C28H26F4N4O4. The number of fused-ring (bicyclic) bond motifs is 1. The molecule has 3 amide bonds. The number of carbonyl (C=O) groups excluding carboxylic acids is 3. The highest BCUT2D eigenvalue weighted by atomic mass is 19.4. The van der Waals surface area contributed by atoms with Gasteiger partial charge in [0.2, 0.25) is 5.91 Å². The van der Waals surface area contributed by atoms with Gasteiger partial charge in [0.25, 0.3) is 11.8 Å². The minimum absolute atomic E-state index is 0.0621. The lowest BCUT2D eigenvalue weighted by atomic mass is 10.0. The number of para-hydroxylation sites is 2. The molecule has 1 heterocycles. The number of amides is 3. The first-order valence-corrected chi connectivity index (χ1v) is 12.1. The lowest BCUT2D eigenvalue weighted by Crippen LogP contribution is -2.60. The summed E-state index contributed by atoms with van der Waals surface area (Å²) in [6, 6.07) is 15.8. The predicted molar refractivity (Wildman–Crippen MR) is 140 cm³/mol. The number of nitrogens with zero attached hydrogens (tertiary/aromatic N) is 2. The first-order valence-electron chi connectivity index (χ1n) is 12.1. The summed E-state index contributed by atoms with van der Waals surface area (Å²) in [6.45, 7) is 2.86. The number of anilines is 3. The van der Waals surface area contributed by atoms with Gasteiger partial charge in [-0.05, 0) is 74.5 Å². The van der Waals surface area contributed by atoms with Gasteiger partial charge in [-0.2, -0.15) is 0 Å². The van der Waals surface area contributed by atoms with Gasteiger partial charge < -0.3 is 25.2 Å². The molecule has 12 heteroatoms. The molecule has 0 aliphatic carbocycles. The molecule has 3 aromatic carbocycles. The zero-order valence-electron chi connectivity index (χ0n) is 21.8. The molecule has 40 heavy (non-hydrogen) atoms. The zero-order valence-corrected chi connectivity index (χ0v) is 21.8. The summed E-state index contributed by atoms with van der Waals surface area (Å²) in [7, 11) is 1.55. The molecule has 0 saturated heterocycles.